The lowest BCUT2D eigenvalue weighted by molar-refractivity contribution is 0.526. The first kappa shape index (κ1) is 19.2. The van der Waals surface area contributed by atoms with Crippen molar-refractivity contribution in [3.8, 4) is 0 Å². The Bertz CT molecular complexity index is 333. The minimum absolute atomic E-state index is 0.615. The first-order chi connectivity index (χ1) is 10.8. The van der Waals surface area contributed by atoms with Crippen LogP contribution in [0.4, 0.5) is 0 Å². The fourth-order valence-electron chi connectivity index (χ4n) is 3.11. The fraction of sp³-hybridized carbons (Fsp3) is 0.762. The maximum atomic E-state index is 4.45. The molecule has 0 aliphatic rings. The summed E-state index contributed by atoms with van der Waals surface area (Å²) in [6, 6.07) is 6.26. The lowest BCUT2D eigenvalue weighted by atomic mass is 9.98. The molecule has 1 nitrogen and oxygen atoms in total. The minimum Gasteiger partial charge on any atom is -0.261 e. The Balaban J connectivity index is 1.84. The molecule has 0 N–H and O–H groups in total. The van der Waals surface area contributed by atoms with Gasteiger partial charge in [0.1, 0.15) is 0 Å². The number of rotatable bonds is 14. The Morgan fingerprint density at radius 3 is 1.82 bits per heavy atom. The van der Waals surface area contributed by atoms with Gasteiger partial charge < -0.3 is 0 Å². The second-order valence-corrected chi connectivity index (χ2v) is 6.83. The molecule has 0 bridgehead atoms. The van der Waals surface area contributed by atoms with Crippen molar-refractivity contribution in [3.63, 3.8) is 0 Å². The van der Waals surface area contributed by atoms with Gasteiger partial charge in [0.05, 0.1) is 0 Å². The molecule has 1 heteroatoms. The second-order valence-electron chi connectivity index (χ2n) is 6.83. The highest BCUT2D eigenvalue weighted by Gasteiger charge is 2.05. The van der Waals surface area contributed by atoms with E-state index in [1.54, 1.807) is 0 Å². The highest BCUT2D eigenvalue weighted by molar-refractivity contribution is 5.07. The smallest absolute Gasteiger partial charge is 0.0431 e. The van der Waals surface area contributed by atoms with E-state index in [9.17, 15) is 0 Å². The van der Waals surface area contributed by atoms with Gasteiger partial charge in [-0.1, -0.05) is 97.0 Å². The van der Waals surface area contributed by atoms with Gasteiger partial charge in [-0.25, -0.2) is 0 Å². The maximum absolute atomic E-state index is 4.45. The molecule has 0 aliphatic carbocycles. The number of hydrogen-bond acceptors (Lipinski definition) is 1. The molecule has 0 aliphatic heterocycles. The Kier molecular flexibility index (Phi) is 12.0. The van der Waals surface area contributed by atoms with Gasteiger partial charge in [-0.2, -0.15) is 0 Å². The molecule has 0 amide bonds. The van der Waals surface area contributed by atoms with Gasteiger partial charge in [0.2, 0.25) is 0 Å². The molecule has 0 aromatic carbocycles. The van der Waals surface area contributed by atoms with Gasteiger partial charge in [-0.3, -0.25) is 4.98 Å². The van der Waals surface area contributed by atoms with Crippen LogP contribution >= 0.6 is 0 Å². The van der Waals surface area contributed by atoms with E-state index in [1.165, 1.54) is 89.2 Å². The third-order valence-electron chi connectivity index (χ3n) is 4.68. The Morgan fingerprint density at radius 1 is 0.773 bits per heavy atom. The van der Waals surface area contributed by atoms with Crippen LogP contribution in [0.3, 0.4) is 0 Å². The molecule has 0 saturated carbocycles. The zero-order valence-electron chi connectivity index (χ0n) is 15.0. The van der Waals surface area contributed by atoms with Crippen LogP contribution in [0.15, 0.2) is 24.4 Å². The van der Waals surface area contributed by atoms with Crippen molar-refractivity contribution in [1.82, 2.24) is 4.98 Å². The summed E-state index contributed by atoms with van der Waals surface area (Å²) in [7, 11) is 0. The summed E-state index contributed by atoms with van der Waals surface area (Å²) in [4.78, 5) is 4.45. The highest BCUT2D eigenvalue weighted by atomic mass is 14.7. The molecule has 1 atom stereocenters. The minimum atomic E-state index is 0.615. The van der Waals surface area contributed by atoms with E-state index >= 15 is 0 Å². The molecule has 1 unspecified atom stereocenters. The third kappa shape index (κ3) is 9.97. The van der Waals surface area contributed by atoms with Crippen LogP contribution in [0.1, 0.15) is 109 Å². The van der Waals surface area contributed by atoms with Crippen molar-refractivity contribution in [1.29, 1.82) is 0 Å². The lowest BCUT2D eigenvalue weighted by Crippen LogP contribution is -1.96. The highest BCUT2D eigenvalue weighted by Crippen LogP contribution is 2.20. The number of pyridine rings is 1. The molecule has 1 heterocycles. The first-order valence-electron chi connectivity index (χ1n) is 9.75. The topological polar surface area (TPSA) is 12.9 Å². The predicted molar refractivity (Wildman–Crippen MR) is 98.3 cm³/mol. The van der Waals surface area contributed by atoms with Crippen molar-refractivity contribution >= 4 is 0 Å². The van der Waals surface area contributed by atoms with E-state index in [-0.39, 0.29) is 0 Å². The SMILES string of the molecule is CCCCCCCCCCCCCCC(C)c1ccccn1. The summed E-state index contributed by atoms with van der Waals surface area (Å²) in [5, 5.41) is 0. The van der Waals surface area contributed by atoms with Crippen LogP contribution in [0.5, 0.6) is 0 Å². The van der Waals surface area contributed by atoms with Crippen molar-refractivity contribution in [3.05, 3.63) is 30.1 Å². The van der Waals surface area contributed by atoms with Crippen LogP contribution < -0.4 is 0 Å². The summed E-state index contributed by atoms with van der Waals surface area (Å²) >= 11 is 0. The Hall–Kier alpha value is -0.850. The van der Waals surface area contributed by atoms with E-state index < -0.39 is 0 Å². The second kappa shape index (κ2) is 13.8. The maximum Gasteiger partial charge on any atom is 0.0431 e. The van der Waals surface area contributed by atoms with E-state index in [2.05, 4.69) is 31.0 Å². The molecule has 0 radical (unpaired) electrons. The van der Waals surface area contributed by atoms with Gasteiger partial charge in [0.25, 0.3) is 0 Å². The van der Waals surface area contributed by atoms with Crippen LogP contribution in [0, 0.1) is 0 Å². The van der Waals surface area contributed by atoms with Crippen molar-refractivity contribution in [2.24, 2.45) is 0 Å². The van der Waals surface area contributed by atoms with E-state index in [4.69, 9.17) is 0 Å². The van der Waals surface area contributed by atoms with Gasteiger partial charge in [0, 0.05) is 11.9 Å². The average Bonchev–Trinajstić information content (AvgIpc) is 2.56. The Labute approximate surface area is 138 Å². The van der Waals surface area contributed by atoms with Gasteiger partial charge >= 0.3 is 0 Å². The van der Waals surface area contributed by atoms with Crippen molar-refractivity contribution < 1.29 is 0 Å². The number of unbranched alkanes of at least 4 members (excludes halogenated alkanes) is 11. The molecule has 0 spiro atoms. The summed E-state index contributed by atoms with van der Waals surface area (Å²) in [5.41, 5.74) is 1.26. The van der Waals surface area contributed by atoms with Crippen LogP contribution in [0.2, 0.25) is 0 Å². The lowest BCUT2D eigenvalue weighted by Gasteiger charge is -2.10. The number of nitrogens with zero attached hydrogens (tertiary/aromatic N) is 1. The number of aromatic nitrogens is 1. The third-order valence-corrected chi connectivity index (χ3v) is 4.68. The number of hydrogen-bond donors (Lipinski definition) is 0. The summed E-state index contributed by atoms with van der Waals surface area (Å²) in [6.45, 7) is 4.60. The zero-order valence-corrected chi connectivity index (χ0v) is 15.0. The summed E-state index contributed by atoms with van der Waals surface area (Å²) in [6.07, 6.45) is 20.3. The van der Waals surface area contributed by atoms with Gasteiger partial charge in [-0.05, 0) is 24.5 Å². The van der Waals surface area contributed by atoms with Crippen molar-refractivity contribution in [2.45, 2.75) is 103 Å². The fourth-order valence-corrected chi connectivity index (χ4v) is 3.11. The molecule has 1 rings (SSSR count). The molecule has 126 valence electrons. The van der Waals surface area contributed by atoms with E-state index in [0.717, 1.165) is 0 Å². The summed E-state index contributed by atoms with van der Waals surface area (Å²) < 4.78 is 0. The predicted octanol–water partition coefficient (Wildman–Crippen LogP) is 7.28. The summed E-state index contributed by atoms with van der Waals surface area (Å²) in [5.74, 6) is 0.615. The normalized spacial score (nSPS) is 12.5. The van der Waals surface area contributed by atoms with E-state index in [1.807, 2.05) is 12.3 Å². The quantitative estimate of drug-likeness (QED) is 0.329. The van der Waals surface area contributed by atoms with Crippen LogP contribution in [0.25, 0.3) is 0 Å². The standard InChI is InChI=1S/C21H37N/c1-3-4-5-6-7-8-9-10-11-12-13-14-17-20(2)21-18-15-16-19-22-21/h15-16,18-20H,3-14,17H2,1-2H3. The molecule has 0 saturated heterocycles. The van der Waals surface area contributed by atoms with E-state index in [0.29, 0.717) is 5.92 Å². The molecule has 1 aromatic rings. The monoisotopic (exact) mass is 303 g/mol. The van der Waals surface area contributed by atoms with Gasteiger partial charge in [0.15, 0.2) is 0 Å². The molecule has 22 heavy (non-hydrogen) atoms. The van der Waals surface area contributed by atoms with Gasteiger partial charge in [-0.15, -0.1) is 0 Å². The first-order valence-corrected chi connectivity index (χ1v) is 9.75. The molecular weight excluding hydrogens is 266 g/mol. The van der Waals surface area contributed by atoms with Crippen LogP contribution in [-0.4, -0.2) is 4.98 Å². The molecule has 0 fully saturated rings. The van der Waals surface area contributed by atoms with Crippen molar-refractivity contribution in [2.75, 3.05) is 0 Å². The average molecular weight is 304 g/mol. The molecule has 1 aromatic heterocycles. The zero-order chi connectivity index (χ0) is 15.9. The largest absolute Gasteiger partial charge is 0.261 e. The van der Waals surface area contributed by atoms with Crippen LogP contribution in [-0.2, 0) is 0 Å². The molecular formula is C21H37N. The Morgan fingerprint density at radius 2 is 1.32 bits per heavy atom.